The van der Waals surface area contributed by atoms with Crippen LogP contribution in [0.5, 0.6) is 0 Å². The molecule has 0 saturated carbocycles. The van der Waals surface area contributed by atoms with Crippen molar-refractivity contribution in [3.05, 3.63) is 86.7 Å². The second kappa shape index (κ2) is 6.16. The molecule has 0 amide bonds. The zero-order valence-corrected chi connectivity index (χ0v) is 16.3. The van der Waals surface area contributed by atoms with Crippen molar-refractivity contribution in [3.8, 4) is 0 Å². The van der Waals surface area contributed by atoms with Gasteiger partial charge in [0.2, 0.25) is 25.5 Å². The molecule has 2 heterocycles. The molecule has 0 fully saturated rings. The molecule has 0 aliphatic carbocycles. The van der Waals surface area contributed by atoms with E-state index in [0.717, 1.165) is 12.2 Å². The molecule has 28 heavy (non-hydrogen) atoms. The van der Waals surface area contributed by atoms with Gasteiger partial charge in [-0.15, -0.1) is 0 Å². The van der Waals surface area contributed by atoms with E-state index < -0.39 is 41.0 Å². The number of sulfone groups is 2. The van der Waals surface area contributed by atoms with Gasteiger partial charge in [0, 0.05) is 10.6 Å². The van der Waals surface area contributed by atoms with Gasteiger partial charge in [0.25, 0.3) is 0 Å². The summed E-state index contributed by atoms with van der Waals surface area (Å²) >= 11 is 6.04. The molecule has 0 bridgehead atoms. The number of rotatable bonds is 2. The van der Waals surface area contributed by atoms with Gasteiger partial charge in [0.15, 0.2) is 0 Å². The van der Waals surface area contributed by atoms with Crippen LogP contribution >= 0.6 is 11.6 Å². The minimum Gasteiger partial charge on any atom is -0.871 e. The first kappa shape index (κ1) is 18.7. The predicted octanol–water partition coefficient (Wildman–Crippen LogP) is 2.18. The molecule has 0 radical (unpaired) electrons. The molecule has 0 atom stereocenters. The topological polar surface area (TPSA) is 108 Å². The molecule has 0 N–H and O–H groups in total. The summed E-state index contributed by atoms with van der Waals surface area (Å²) in [5.74, 6) is -1.48. The lowest BCUT2D eigenvalue weighted by atomic mass is 10.1. The highest BCUT2D eigenvalue weighted by Crippen LogP contribution is 2.39. The Kier molecular flexibility index (Phi) is 4.11. The summed E-state index contributed by atoms with van der Waals surface area (Å²) in [4.78, 5) is 11.0. The lowest BCUT2D eigenvalue weighted by molar-refractivity contribution is -0.244. The molecule has 4 rings (SSSR count). The van der Waals surface area contributed by atoms with Gasteiger partial charge in [0.05, 0.1) is 14.7 Å². The van der Waals surface area contributed by atoms with Gasteiger partial charge in [-0.2, -0.15) is 0 Å². The van der Waals surface area contributed by atoms with Gasteiger partial charge in [-0.3, -0.25) is 4.79 Å². The SMILES string of the molecule is O=C1C(=CC(Cl)=CC2=C([O-])c3ccccc3S2(=O)=O)S(=O)(=O)c2ccccc21. The summed E-state index contributed by atoms with van der Waals surface area (Å²) in [6, 6.07) is 11.4. The zero-order valence-electron chi connectivity index (χ0n) is 13.9. The van der Waals surface area contributed by atoms with Crippen molar-refractivity contribution in [2.75, 3.05) is 0 Å². The number of hydrogen-bond donors (Lipinski definition) is 0. The van der Waals surface area contributed by atoms with Crippen LogP contribution in [0.15, 0.2) is 85.3 Å². The monoisotopic (exact) mass is 433 g/mol. The quantitative estimate of drug-likeness (QED) is 0.671. The largest absolute Gasteiger partial charge is 0.871 e. The van der Waals surface area contributed by atoms with Crippen LogP contribution < -0.4 is 5.11 Å². The van der Waals surface area contributed by atoms with E-state index in [-0.39, 0.29) is 26.0 Å². The lowest BCUT2D eigenvalue weighted by Crippen LogP contribution is -2.04. The summed E-state index contributed by atoms with van der Waals surface area (Å²) in [5, 5.41) is 12.1. The van der Waals surface area contributed by atoms with Crippen LogP contribution in [0.2, 0.25) is 0 Å². The van der Waals surface area contributed by atoms with Crippen LogP contribution in [0.25, 0.3) is 5.76 Å². The molecule has 0 unspecified atom stereocenters. The molecule has 2 aliphatic rings. The lowest BCUT2D eigenvalue weighted by Gasteiger charge is -2.08. The summed E-state index contributed by atoms with van der Waals surface area (Å²) in [6.45, 7) is 0. The van der Waals surface area contributed by atoms with Gasteiger partial charge in [0.1, 0.15) is 4.91 Å². The number of fused-ring (bicyclic) bond motifs is 2. The average molecular weight is 434 g/mol. The first-order chi connectivity index (χ1) is 13.2. The number of benzene rings is 2. The summed E-state index contributed by atoms with van der Waals surface area (Å²) in [6.07, 6.45) is 1.75. The normalized spacial score (nSPS) is 21.1. The highest BCUT2D eigenvalue weighted by Gasteiger charge is 2.39. The molecule has 142 valence electrons. The molecule has 2 aliphatic heterocycles. The Labute approximate surface area is 165 Å². The van der Waals surface area contributed by atoms with Crippen LogP contribution in [-0.4, -0.2) is 22.6 Å². The van der Waals surface area contributed by atoms with E-state index in [1.807, 2.05) is 0 Å². The number of carbonyl (C=O) groups is 1. The Morgan fingerprint density at radius 2 is 1.39 bits per heavy atom. The molecule has 0 saturated heterocycles. The van der Waals surface area contributed by atoms with Crippen molar-refractivity contribution < 1.29 is 26.7 Å². The fourth-order valence-corrected chi connectivity index (χ4v) is 6.61. The molecule has 6 nitrogen and oxygen atoms in total. The van der Waals surface area contributed by atoms with Crippen LogP contribution in [0, 0.1) is 0 Å². The van der Waals surface area contributed by atoms with Crippen molar-refractivity contribution >= 4 is 42.8 Å². The molecular formula is C19H10ClO6S2-. The number of carbonyl (C=O) groups excluding carboxylic acids is 1. The minimum atomic E-state index is -4.08. The third-order valence-electron chi connectivity index (χ3n) is 4.41. The van der Waals surface area contributed by atoms with Crippen molar-refractivity contribution in [2.45, 2.75) is 9.79 Å². The number of halogens is 1. The van der Waals surface area contributed by atoms with E-state index in [4.69, 9.17) is 11.6 Å². The Bertz CT molecular complexity index is 1360. The van der Waals surface area contributed by atoms with Crippen LogP contribution in [0.1, 0.15) is 15.9 Å². The van der Waals surface area contributed by atoms with Crippen molar-refractivity contribution in [1.29, 1.82) is 0 Å². The number of allylic oxidation sites excluding steroid dienone is 4. The van der Waals surface area contributed by atoms with E-state index in [1.165, 1.54) is 48.5 Å². The maximum atomic E-state index is 12.6. The smallest absolute Gasteiger partial charge is 0.211 e. The third-order valence-corrected chi connectivity index (χ3v) is 8.26. The van der Waals surface area contributed by atoms with Crippen LogP contribution in [-0.2, 0) is 19.7 Å². The van der Waals surface area contributed by atoms with E-state index in [2.05, 4.69) is 0 Å². The van der Waals surface area contributed by atoms with E-state index in [9.17, 15) is 26.7 Å². The Morgan fingerprint density at radius 3 is 1.96 bits per heavy atom. The molecule has 0 spiro atoms. The van der Waals surface area contributed by atoms with Gasteiger partial charge in [-0.25, -0.2) is 16.8 Å². The molecule has 0 aromatic heterocycles. The Balaban J connectivity index is 1.83. The second-order valence-electron chi connectivity index (χ2n) is 6.06. The Hall–Kier alpha value is -2.68. The highest BCUT2D eigenvalue weighted by atomic mass is 35.5. The van der Waals surface area contributed by atoms with Crippen LogP contribution in [0.4, 0.5) is 0 Å². The highest BCUT2D eigenvalue weighted by molar-refractivity contribution is 7.97. The van der Waals surface area contributed by atoms with E-state index in [0.29, 0.717) is 0 Å². The van der Waals surface area contributed by atoms with Crippen molar-refractivity contribution in [3.63, 3.8) is 0 Å². The first-order valence-electron chi connectivity index (χ1n) is 7.89. The number of ketones is 1. The summed E-state index contributed by atoms with van der Waals surface area (Å²) < 4.78 is 50.3. The third kappa shape index (κ3) is 2.56. The molecular weight excluding hydrogens is 424 g/mol. The van der Waals surface area contributed by atoms with Crippen molar-refractivity contribution in [1.82, 2.24) is 0 Å². The second-order valence-corrected chi connectivity index (χ2v) is 10.3. The molecule has 2 aromatic rings. The summed E-state index contributed by atoms with van der Waals surface area (Å²) in [5.41, 5.74) is 0.0330. The Morgan fingerprint density at radius 1 is 0.857 bits per heavy atom. The maximum absolute atomic E-state index is 12.6. The molecule has 9 heteroatoms. The first-order valence-corrected chi connectivity index (χ1v) is 11.2. The van der Waals surface area contributed by atoms with E-state index >= 15 is 0 Å². The van der Waals surface area contributed by atoms with Gasteiger partial charge < -0.3 is 5.11 Å². The van der Waals surface area contributed by atoms with E-state index in [1.54, 1.807) is 0 Å². The minimum absolute atomic E-state index is 0.0165. The predicted molar refractivity (Wildman–Crippen MR) is 101 cm³/mol. The van der Waals surface area contributed by atoms with Crippen LogP contribution in [0.3, 0.4) is 0 Å². The average Bonchev–Trinajstić information content (AvgIpc) is 2.98. The van der Waals surface area contributed by atoms with Gasteiger partial charge >= 0.3 is 0 Å². The molecule has 2 aromatic carbocycles. The fraction of sp³-hybridized carbons (Fsp3) is 0. The van der Waals surface area contributed by atoms with Crippen molar-refractivity contribution in [2.24, 2.45) is 0 Å². The maximum Gasteiger partial charge on any atom is 0.211 e. The number of hydrogen-bond acceptors (Lipinski definition) is 6. The number of Topliss-reactive ketones (excluding diaryl/α,β-unsaturated/α-hetero) is 1. The fourth-order valence-electron chi connectivity index (χ4n) is 3.10. The van der Waals surface area contributed by atoms with Gasteiger partial charge in [-0.05, 0) is 35.9 Å². The standard InChI is InChI=1S/C19H11ClO6S2/c20-11(9-16-18(21)12-5-1-3-7-14(12)27(16,23)24)10-17-19(22)13-6-2-4-8-15(13)28(17,25)26/h1-10,21H/p-1. The summed E-state index contributed by atoms with van der Waals surface area (Å²) in [7, 11) is -8.16. The zero-order chi connectivity index (χ0) is 20.3. The van der Waals surface area contributed by atoms with Gasteiger partial charge in [-0.1, -0.05) is 47.7 Å².